The van der Waals surface area contributed by atoms with E-state index in [4.69, 9.17) is 5.73 Å². The van der Waals surface area contributed by atoms with E-state index >= 15 is 0 Å². The Balaban J connectivity index is 0.00000225. The second-order valence-electron chi connectivity index (χ2n) is 3.16. The fourth-order valence-corrected chi connectivity index (χ4v) is 1.18. The third-order valence-electron chi connectivity index (χ3n) is 2.09. The molecule has 2 N–H and O–H groups in total. The predicted molar refractivity (Wildman–Crippen MR) is 58.0 cm³/mol. The fraction of sp³-hybridized carbons (Fsp3) is 0.333. The number of hydrogen-bond donors (Lipinski definition) is 1. The van der Waals surface area contributed by atoms with Crippen LogP contribution in [-0.4, -0.2) is 11.3 Å². The van der Waals surface area contributed by atoms with Crippen molar-refractivity contribution in [2.75, 3.05) is 0 Å². The Morgan fingerprint density at radius 2 is 2.00 bits per heavy atom. The van der Waals surface area contributed by atoms with Crippen molar-refractivity contribution in [1.29, 1.82) is 0 Å². The maximum atomic E-state index is 12.3. The molecule has 16 heavy (non-hydrogen) atoms. The van der Waals surface area contributed by atoms with E-state index in [0.29, 0.717) is 5.56 Å². The molecule has 0 amide bonds. The lowest BCUT2D eigenvalue weighted by atomic mass is 10.0. The number of nitrogens with two attached hydrogens (primary N) is 1. The average molecular weight is 253 g/mol. The molecule has 1 rings (SSSR count). The smallest absolute Gasteiger partial charge is 0.272 e. The van der Waals surface area contributed by atoms with Crippen LogP contribution in [0.4, 0.5) is 14.5 Å². The minimum Gasteiger partial charge on any atom is -0.319 e. The van der Waals surface area contributed by atoms with Crippen LogP contribution in [0.3, 0.4) is 0 Å². The highest BCUT2D eigenvalue weighted by Crippen LogP contribution is 2.25. The summed E-state index contributed by atoms with van der Waals surface area (Å²) in [6, 6.07) is 2.39. The van der Waals surface area contributed by atoms with Gasteiger partial charge < -0.3 is 5.73 Å². The van der Waals surface area contributed by atoms with Crippen LogP contribution in [0, 0.1) is 17.0 Å². The molecule has 0 unspecified atom stereocenters. The van der Waals surface area contributed by atoms with Gasteiger partial charge in [0.15, 0.2) is 0 Å². The standard InChI is InChI=1S/C9H10F2N2O2.ClH/c1-5-2-3-6(8(12)9(10)11)4-7(5)13(14)15;/h2-4,8-9H,12H2,1H3;1H/t8-;/m1./s1. The topological polar surface area (TPSA) is 69.2 Å². The van der Waals surface area contributed by atoms with Crippen molar-refractivity contribution in [3.05, 3.63) is 39.4 Å². The minimum atomic E-state index is -2.73. The van der Waals surface area contributed by atoms with Crippen molar-refractivity contribution in [3.63, 3.8) is 0 Å². The summed E-state index contributed by atoms with van der Waals surface area (Å²) in [6.07, 6.45) is -2.73. The Morgan fingerprint density at radius 3 is 2.44 bits per heavy atom. The molecule has 0 spiro atoms. The highest BCUT2D eigenvalue weighted by Gasteiger charge is 2.20. The van der Waals surface area contributed by atoms with E-state index in [-0.39, 0.29) is 23.7 Å². The number of nitrogens with zero attached hydrogens (tertiary/aromatic N) is 1. The van der Waals surface area contributed by atoms with Gasteiger partial charge in [-0.05, 0) is 12.5 Å². The van der Waals surface area contributed by atoms with E-state index in [2.05, 4.69) is 0 Å². The van der Waals surface area contributed by atoms with Crippen LogP contribution in [0.2, 0.25) is 0 Å². The molecule has 0 aliphatic carbocycles. The number of aryl methyl sites for hydroxylation is 1. The number of halogens is 3. The van der Waals surface area contributed by atoms with Gasteiger partial charge in [-0.15, -0.1) is 12.4 Å². The summed E-state index contributed by atoms with van der Waals surface area (Å²) in [5, 5.41) is 10.5. The molecule has 7 heteroatoms. The number of nitro groups is 1. The Kier molecular flexibility index (Phi) is 5.26. The highest BCUT2D eigenvalue weighted by atomic mass is 35.5. The first kappa shape index (κ1) is 14.7. The zero-order valence-electron chi connectivity index (χ0n) is 8.39. The molecule has 0 saturated heterocycles. The molecular weight excluding hydrogens is 242 g/mol. The van der Waals surface area contributed by atoms with Gasteiger partial charge in [0.25, 0.3) is 12.1 Å². The number of hydrogen-bond acceptors (Lipinski definition) is 3. The van der Waals surface area contributed by atoms with E-state index < -0.39 is 17.4 Å². The van der Waals surface area contributed by atoms with Crippen LogP contribution >= 0.6 is 12.4 Å². The normalized spacial score (nSPS) is 12.1. The zero-order chi connectivity index (χ0) is 11.6. The lowest BCUT2D eigenvalue weighted by Crippen LogP contribution is -2.19. The lowest BCUT2D eigenvalue weighted by molar-refractivity contribution is -0.385. The van der Waals surface area contributed by atoms with Gasteiger partial charge >= 0.3 is 0 Å². The SMILES string of the molecule is Cc1ccc([C@@H](N)C(F)F)cc1[N+](=O)[O-].Cl. The molecule has 0 aliphatic rings. The number of benzene rings is 1. The molecule has 0 aliphatic heterocycles. The van der Waals surface area contributed by atoms with Crippen molar-refractivity contribution in [2.45, 2.75) is 19.4 Å². The maximum absolute atomic E-state index is 12.3. The van der Waals surface area contributed by atoms with Crippen molar-refractivity contribution < 1.29 is 13.7 Å². The van der Waals surface area contributed by atoms with Crippen LogP contribution < -0.4 is 5.73 Å². The van der Waals surface area contributed by atoms with Gasteiger partial charge in [-0.2, -0.15) is 0 Å². The monoisotopic (exact) mass is 252 g/mol. The maximum Gasteiger partial charge on any atom is 0.272 e. The molecule has 4 nitrogen and oxygen atoms in total. The Hall–Kier alpha value is -1.27. The summed E-state index contributed by atoms with van der Waals surface area (Å²) in [7, 11) is 0. The van der Waals surface area contributed by atoms with Crippen LogP contribution in [0.1, 0.15) is 17.2 Å². The van der Waals surface area contributed by atoms with E-state index in [1.54, 1.807) is 0 Å². The summed E-state index contributed by atoms with van der Waals surface area (Å²) in [5.74, 6) is 0. The third kappa shape index (κ3) is 3.11. The molecule has 90 valence electrons. The summed E-state index contributed by atoms with van der Waals surface area (Å²) in [4.78, 5) is 9.93. The fourth-order valence-electron chi connectivity index (χ4n) is 1.18. The van der Waals surface area contributed by atoms with Crippen molar-refractivity contribution in [3.8, 4) is 0 Å². The van der Waals surface area contributed by atoms with E-state index in [1.165, 1.54) is 19.1 Å². The van der Waals surface area contributed by atoms with Gasteiger partial charge in [-0.25, -0.2) is 8.78 Å². The summed E-state index contributed by atoms with van der Waals surface area (Å²) >= 11 is 0. The van der Waals surface area contributed by atoms with Crippen molar-refractivity contribution >= 4 is 18.1 Å². The zero-order valence-corrected chi connectivity index (χ0v) is 9.21. The quantitative estimate of drug-likeness (QED) is 0.664. The minimum absolute atomic E-state index is 0. The van der Waals surface area contributed by atoms with Crippen LogP contribution in [0.5, 0.6) is 0 Å². The largest absolute Gasteiger partial charge is 0.319 e. The molecule has 0 fully saturated rings. The van der Waals surface area contributed by atoms with Crippen LogP contribution in [-0.2, 0) is 0 Å². The molecule has 1 aromatic carbocycles. The number of nitro benzene ring substituents is 1. The summed E-state index contributed by atoms with van der Waals surface area (Å²) in [5.41, 5.74) is 5.49. The second kappa shape index (κ2) is 5.72. The first-order valence-corrected chi connectivity index (χ1v) is 4.22. The molecule has 0 saturated carbocycles. The molecule has 1 aromatic rings. The molecule has 0 aromatic heterocycles. The summed E-state index contributed by atoms with van der Waals surface area (Å²) in [6.45, 7) is 1.54. The second-order valence-corrected chi connectivity index (χ2v) is 3.16. The number of alkyl halides is 2. The Morgan fingerprint density at radius 1 is 1.44 bits per heavy atom. The van der Waals surface area contributed by atoms with Gasteiger partial charge in [0.2, 0.25) is 0 Å². The molecule has 0 radical (unpaired) electrons. The van der Waals surface area contributed by atoms with Crippen molar-refractivity contribution in [1.82, 2.24) is 0 Å². The van der Waals surface area contributed by atoms with Gasteiger partial charge in [0, 0.05) is 11.6 Å². The Bertz CT molecular complexity index is 388. The first-order valence-electron chi connectivity index (χ1n) is 4.22. The van der Waals surface area contributed by atoms with E-state index in [9.17, 15) is 18.9 Å². The predicted octanol–water partition coefficient (Wildman–Crippen LogP) is 2.59. The third-order valence-corrected chi connectivity index (χ3v) is 2.09. The number of rotatable bonds is 3. The van der Waals surface area contributed by atoms with Gasteiger partial charge in [-0.3, -0.25) is 10.1 Å². The highest BCUT2D eigenvalue weighted by molar-refractivity contribution is 5.85. The molecule has 0 bridgehead atoms. The Labute approximate surface area is 97.0 Å². The van der Waals surface area contributed by atoms with E-state index in [0.717, 1.165) is 6.07 Å². The van der Waals surface area contributed by atoms with Gasteiger partial charge in [-0.1, -0.05) is 12.1 Å². The molecule has 0 heterocycles. The lowest BCUT2D eigenvalue weighted by Gasteiger charge is -2.10. The van der Waals surface area contributed by atoms with Crippen molar-refractivity contribution in [2.24, 2.45) is 5.73 Å². The summed E-state index contributed by atoms with van der Waals surface area (Å²) < 4.78 is 24.5. The molecule has 1 atom stereocenters. The van der Waals surface area contributed by atoms with Crippen LogP contribution in [0.15, 0.2) is 18.2 Å². The first-order chi connectivity index (χ1) is 6.93. The van der Waals surface area contributed by atoms with Gasteiger partial charge in [0.1, 0.15) is 0 Å². The van der Waals surface area contributed by atoms with Gasteiger partial charge in [0.05, 0.1) is 11.0 Å². The van der Waals surface area contributed by atoms with E-state index in [1.807, 2.05) is 0 Å². The van der Waals surface area contributed by atoms with Crippen LogP contribution in [0.25, 0.3) is 0 Å². The molecular formula is C9H11ClF2N2O2. The average Bonchev–Trinajstić information content (AvgIpc) is 2.16.